The maximum Gasteiger partial charge on any atom is 0.292 e. The molecule has 0 atom stereocenters. The average molecular weight is 251 g/mol. The summed E-state index contributed by atoms with van der Waals surface area (Å²) in [7, 11) is 0. The second kappa shape index (κ2) is 4.34. The maximum absolute atomic E-state index is 10.7. The highest BCUT2D eigenvalue weighted by atomic mass is 35.5. The Morgan fingerprint density at radius 1 is 1.29 bits per heavy atom. The molecule has 86 valence electrons. The summed E-state index contributed by atoms with van der Waals surface area (Å²) in [5, 5.41) is 11.0. The molecule has 0 bridgehead atoms. The minimum atomic E-state index is -0.540. The van der Waals surface area contributed by atoms with Crippen molar-refractivity contribution >= 4 is 23.0 Å². The van der Waals surface area contributed by atoms with Gasteiger partial charge in [0.25, 0.3) is 5.69 Å². The quantitative estimate of drug-likeness (QED) is 0.382. The molecule has 2 N–H and O–H groups in total. The number of nitrogen functional groups attached to an aromatic ring is 1. The van der Waals surface area contributed by atoms with Crippen molar-refractivity contribution in [2.75, 3.05) is 5.73 Å². The number of halogens is 1. The number of rotatable bonds is 2. The lowest BCUT2D eigenvalue weighted by atomic mass is 10.1. The molecule has 0 radical (unpaired) electrons. The van der Waals surface area contributed by atoms with Gasteiger partial charge in [-0.25, -0.2) is 9.97 Å². The van der Waals surface area contributed by atoms with Crippen molar-refractivity contribution in [2.24, 2.45) is 0 Å². The number of nitrogens with two attached hydrogens (primary N) is 1. The highest BCUT2D eigenvalue weighted by Crippen LogP contribution is 2.28. The minimum absolute atomic E-state index is 0.110. The van der Waals surface area contributed by atoms with E-state index in [4.69, 9.17) is 17.3 Å². The first-order valence-electron chi connectivity index (χ1n) is 4.60. The van der Waals surface area contributed by atoms with Crippen LogP contribution in [0.5, 0.6) is 0 Å². The lowest BCUT2D eigenvalue weighted by Crippen LogP contribution is -1.96. The molecule has 0 aliphatic heterocycles. The number of nitro benzene ring substituents is 1. The first-order valence-corrected chi connectivity index (χ1v) is 4.97. The molecule has 6 nitrogen and oxygen atoms in total. The lowest BCUT2D eigenvalue weighted by Gasteiger charge is -2.02. The van der Waals surface area contributed by atoms with Crippen LogP contribution in [0.3, 0.4) is 0 Å². The van der Waals surface area contributed by atoms with Crippen molar-refractivity contribution in [1.29, 1.82) is 0 Å². The summed E-state index contributed by atoms with van der Waals surface area (Å²) < 4.78 is 0. The predicted molar refractivity (Wildman–Crippen MR) is 63.5 cm³/mol. The molecule has 0 saturated heterocycles. The van der Waals surface area contributed by atoms with E-state index < -0.39 is 4.92 Å². The Kier molecular flexibility index (Phi) is 2.88. The van der Waals surface area contributed by atoms with Crippen LogP contribution in [0.15, 0.2) is 30.6 Å². The largest absolute Gasteiger partial charge is 0.393 e. The molecule has 0 spiro atoms. The van der Waals surface area contributed by atoms with Gasteiger partial charge in [-0.1, -0.05) is 17.7 Å². The predicted octanol–water partition coefficient (Wildman–Crippen LogP) is 2.29. The zero-order valence-electron chi connectivity index (χ0n) is 8.50. The molecule has 2 aromatic rings. The van der Waals surface area contributed by atoms with Gasteiger partial charge in [0, 0.05) is 17.7 Å². The molecule has 7 heteroatoms. The topological polar surface area (TPSA) is 94.9 Å². The molecule has 0 aliphatic rings. The van der Waals surface area contributed by atoms with Crippen molar-refractivity contribution in [1.82, 2.24) is 9.97 Å². The Bertz CT molecular complexity index is 588. The van der Waals surface area contributed by atoms with E-state index in [1.54, 1.807) is 6.07 Å². The zero-order chi connectivity index (χ0) is 12.4. The van der Waals surface area contributed by atoms with E-state index in [0.717, 1.165) is 0 Å². The summed E-state index contributed by atoms with van der Waals surface area (Å²) in [6, 6.07) is 5.98. The standard InChI is InChI=1S/C10H7ClN4O2/c11-10-4-8(13-5-14-10)6-1-2-7(12)9(3-6)15(16)17/h1-5H,12H2. The van der Waals surface area contributed by atoms with Crippen molar-refractivity contribution < 1.29 is 4.92 Å². The van der Waals surface area contributed by atoms with Gasteiger partial charge in [-0.2, -0.15) is 0 Å². The molecule has 0 fully saturated rings. The SMILES string of the molecule is Nc1ccc(-c2cc(Cl)ncn2)cc1[N+](=O)[O-]. The fraction of sp³-hybridized carbons (Fsp3) is 0. The smallest absolute Gasteiger partial charge is 0.292 e. The van der Waals surface area contributed by atoms with Crippen LogP contribution in [0.1, 0.15) is 0 Å². The molecule has 0 saturated carbocycles. The number of hydrogen-bond acceptors (Lipinski definition) is 5. The van der Waals surface area contributed by atoms with Crippen LogP contribution in [-0.2, 0) is 0 Å². The maximum atomic E-state index is 10.7. The van der Waals surface area contributed by atoms with Gasteiger partial charge in [-0.05, 0) is 6.07 Å². The van der Waals surface area contributed by atoms with E-state index in [-0.39, 0.29) is 16.5 Å². The molecule has 17 heavy (non-hydrogen) atoms. The molecule has 0 amide bonds. The number of hydrogen-bond donors (Lipinski definition) is 1. The number of nitro groups is 1. The van der Waals surface area contributed by atoms with Gasteiger partial charge >= 0.3 is 0 Å². The second-order valence-corrected chi connectivity index (χ2v) is 3.64. The Labute approximate surface area is 101 Å². The second-order valence-electron chi connectivity index (χ2n) is 3.26. The third kappa shape index (κ3) is 2.31. The molecule has 2 rings (SSSR count). The Hall–Kier alpha value is -2.21. The highest BCUT2D eigenvalue weighted by Gasteiger charge is 2.13. The van der Waals surface area contributed by atoms with Crippen LogP contribution < -0.4 is 5.73 Å². The van der Waals surface area contributed by atoms with Crippen LogP contribution in [0, 0.1) is 10.1 Å². The molecule has 1 aromatic heterocycles. The van der Waals surface area contributed by atoms with Gasteiger partial charge in [-0.15, -0.1) is 0 Å². The monoisotopic (exact) mass is 250 g/mol. The third-order valence-corrected chi connectivity index (χ3v) is 2.36. The summed E-state index contributed by atoms with van der Waals surface area (Å²) in [5.74, 6) is 0. The summed E-state index contributed by atoms with van der Waals surface area (Å²) in [6.45, 7) is 0. The first kappa shape index (κ1) is 11.3. The van der Waals surface area contributed by atoms with Crippen LogP contribution in [0.2, 0.25) is 5.15 Å². The number of anilines is 1. The van der Waals surface area contributed by atoms with Gasteiger partial charge in [0.15, 0.2) is 0 Å². The summed E-state index contributed by atoms with van der Waals surface area (Å²) in [4.78, 5) is 17.9. The van der Waals surface area contributed by atoms with Crippen LogP contribution in [-0.4, -0.2) is 14.9 Å². The number of aromatic nitrogens is 2. The molecule has 0 aliphatic carbocycles. The Balaban J connectivity index is 2.54. The summed E-state index contributed by atoms with van der Waals surface area (Å²) in [6.07, 6.45) is 1.29. The molecular weight excluding hydrogens is 244 g/mol. The van der Waals surface area contributed by atoms with Crippen molar-refractivity contribution in [3.8, 4) is 11.3 Å². The van der Waals surface area contributed by atoms with Crippen LogP contribution in [0.4, 0.5) is 11.4 Å². The third-order valence-electron chi connectivity index (χ3n) is 2.16. The van der Waals surface area contributed by atoms with E-state index in [9.17, 15) is 10.1 Å². The van der Waals surface area contributed by atoms with Gasteiger partial charge in [0.1, 0.15) is 17.2 Å². The minimum Gasteiger partial charge on any atom is -0.393 e. The first-order chi connectivity index (χ1) is 8.08. The van der Waals surface area contributed by atoms with Crippen molar-refractivity contribution in [3.05, 3.63) is 45.9 Å². The Morgan fingerprint density at radius 3 is 2.71 bits per heavy atom. The van der Waals surface area contributed by atoms with Gasteiger partial charge in [0.2, 0.25) is 0 Å². The average Bonchev–Trinajstić information content (AvgIpc) is 2.29. The van der Waals surface area contributed by atoms with E-state index >= 15 is 0 Å². The van der Waals surface area contributed by atoms with Crippen LogP contribution in [0.25, 0.3) is 11.3 Å². The van der Waals surface area contributed by atoms with Crippen molar-refractivity contribution in [3.63, 3.8) is 0 Å². The summed E-state index contributed by atoms with van der Waals surface area (Å²) >= 11 is 5.72. The molecule has 1 heterocycles. The van der Waals surface area contributed by atoms with Crippen LogP contribution >= 0.6 is 11.6 Å². The highest BCUT2D eigenvalue weighted by molar-refractivity contribution is 6.29. The van der Waals surface area contributed by atoms with Gasteiger partial charge in [0.05, 0.1) is 10.6 Å². The molecule has 0 unspecified atom stereocenters. The van der Waals surface area contributed by atoms with E-state index in [0.29, 0.717) is 11.3 Å². The van der Waals surface area contributed by atoms with Crippen molar-refractivity contribution in [2.45, 2.75) is 0 Å². The number of nitrogens with zero attached hydrogens (tertiary/aromatic N) is 3. The van der Waals surface area contributed by atoms with E-state index in [1.807, 2.05) is 0 Å². The summed E-state index contributed by atoms with van der Waals surface area (Å²) in [5.41, 5.74) is 6.53. The fourth-order valence-electron chi connectivity index (χ4n) is 1.35. The van der Waals surface area contributed by atoms with Gasteiger partial charge < -0.3 is 5.73 Å². The normalized spacial score (nSPS) is 10.2. The Morgan fingerprint density at radius 2 is 2.06 bits per heavy atom. The van der Waals surface area contributed by atoms with Gasteiger partial charge in [-0.3, -0.25) is 10.1 Å². The fourth-order valence-corrected chi connectivity index (χ4v) is 1.50. The van der Waals surface area contributed by atoms with E-state index in [1.165, 1.54) is 24.5 Å². The molecular formula is C10H7ClN4O2. The lowest BCUT2D eigenvalue weighted by molar-refractivity contribution is -0.383. The molecule has 1 aromatic carbocycles. The van der Waals surface area contributed by atoms with E-state index in [2.05, 4.69) is 9.97 Å². The zero-order valence-corrected chi connectivity index (χ0v) is 9.26. The number of benzene rings is 1.